The Morgan fingerprint density at radius 3 is 3.06 bits per heavy atom. The van der Waals surface area contributed by atoms with Gasteiger partial charge in [-0.15, -0.1) is 0 Å². The van der Waals surface area contributed by atoms with E-state index in [-0.39, 0.29) is 0 Å². The molecule has 1 aliphatic heterocycles. The van der Waals surface area contributed by atoms with Crippen molar-refractivity contribution in [3.8, 4) is 0 Å². The van der Waals surface area contributed by atoms with Gasteiger partial charge in [0.2, 0.25) is 0 Å². The van der Waals surface area contributed by atoms with Gasteiger partial charge < -0.3 is 4.74 Å². The molecule has 1 aromatic rings. The van der Waals surface area contributed by atoms with E-state index in [9.17, 15) is 0 Å². The summed E-state index contributed by atoms with van der Waals surface area (Å²) in [4.78, 5) is 6.79. The van der Waals surface area contributed by atoms with Crippen LogP contribution in [0.4, 0.5) is 0 Å². The Bertz CT molecular complexity index is 347. The number of hydrogen-bond donors (Lipinski definition) is 0. The number of rotatable bonds is 7. The average molecular weight is 252 g/mol. The lowest BCUT2D eigenvalue weighted by atomic mass is 10.2. The third-order valence-electron chi connectivity index (χ3n) is 3.39. The Hall–Kier alpha value is -0.940. The van der Waals surface area contributed by atoms with Crippen LogP contribution in [0.3, 0.4) is 0 Å². The summed E-state index contributed by atoms with van der Waals surface area (Å²) in [6.07, 6.45) is 5.62. The summed E-state index contributed by atoms with van der Waals surface area (Å²) in [5.74, 6) is 1.06. The first kappa shape index (κ1) is 13.5. The van der Waals surface area contributed by atoms with E-state index in [1.165, 1.54) is 12.8 Å². The molecule has 0 spiro atoms. The van der Waals surface area contributed by atoms with Crippen LogP contribution in [0.25, 0.3) is 0 Å². The molecule has 1 unspecified atom stereocenters. The summed E-state index contributed by atoms with van der Waals surface area (Å²) >= 11 is 0. The fourth-order valence-electron chi connectivity index (χ4n) is 2.50. The normalized spacial score (nSPS) is 19.8. The Kier molecular flexibility index (Phi) is 5.13. The maximum absolute atomic E-state index is 5.72. The smallest absolute Gasteiger partial charge is 0.140 e. The fourth-order valence-corrected chi connectivity index (χ4v) is 2.50. The minimum Gasteiger partial charge on any atom is -0.377 e. The van der Waals surface area contributed by atoms with Crippen molar-refractivity contribution in [1.29, 1.82) is 0 Å². The minimum atomic E-state index is 0.412. The monoisotopic (exact) mass is 252 g/mol. The molecule has 0 saturated carbocycles. The van der Waals surface area contributed by atoms with Crippen LogP contribution in [-0.2, 0) is 17.8 Å². The standard InChI is InChI=1S/C13H24N4O/c1-3-7-16(9-12-6-5-8-18-12)10-13-14-11-15-17(13)4-2/h11-12H,3-10H2,1-2H3. The average Bonchev–Trinajstić information content (AvgIpc) is 3.00. The van der Waals surface area contributed by atoms with Gasteiger partial charge in [0, 0.05) is 19.7 Å². The van der Waals surface area contributed by atoms with Crippen molar-refractivity contribution in [2.24, 2.45) is 0 Å². The highest BCUT2D eigenvalue weighted by atomic mass is 16.5. The maximum atomic E-state index is 5.72. The Balaban J connectivity index is 1.92. The molecular formula is C13H24N4O. The number of ether oxygens (including phenoxy) is 1. The van der Waals surface area contributed by atoms with Gasteiger partial charge in [0.1, 0.15) is 12.2 Å². The molecule has 1 saturated heterocycles. The predicted molar refractivity (Wildman–Crippen MR) is 70.2 cm³/mol. The van der Waals surface area contributed by atoms with Crippen molar-refractivity contribution < 1.29 is 4.74 Å². The van der Waals surface area contributed by atoms with Crippen LogP contribution >= 0.6 is 0 Å². The third-order valence-corrected chi connectivity index (χ3v) is 3.39. The first-order valence-electron chi connectivity index (χ1n) is 7.04. The van der Waals surface area contributed by atoms with Gasteiger partial charge in [0.15, 0.2) is 0 Å². The highest BCUT2D eigenvalue weighted by molar-refractivity contribution is 4.85. The van der Waals surface area contributed by atoms with Crippen LogP contribution < -0.4 is 0 Å². The lowest BCUT2D eigenvalue weighted by molar-refractivity contribution is 0.0693. The van der Waals surface area contributed by atoms with E-state index in [1.54, 1.807) is 6.33 Å². The van der Waals surface area contributed by atoms with Crippen molar-refractivity contribution >= 4 is 0 Å². The quantitative estimate of drug-likeness (QED) is 0.740. The Morgan fingerprint density at radius 1 is 1.50 bits per heavy atom. The molecule has 1 aliphatic rings. The molecule has 2 heterocycles. The van der Waals surface area contributed by atoms with Crippen LogP contribution in [0.15, 0.2) is 6.33 Å². The van der Waals surface area contributed by atoms with Gasteiger partial charge in [-0.2, -0.15) is 5.10 Å². The molecule has 1 aromatic heterocycles. The molecule has 5 heteroatoms. The second kappa shape index (κ2) is 6.85. The molecule has 2 rings (SSSR count). The molecule has 0 aromatic carbocycles. The molecule has 0 amide bonds. The van der Waals surface area contributed by atoms with Gasteiger partial charge in [-0.05, 0) is 32.7 Å². The zero-order valence-corrected chi connectivity index (χ0v) is 11.5. The third kappa shape index (κ3) is 3.53. The lowest BCUT2D eigenvalue weighted by Gasteiger charge is -2.24. The molecule has 1 fully saturated rings. The number of aryl methyl sites for hydroxylation is 1. The van der Waals surface area contributed by atoms with Crippen molar-refractivity contribution in [2.75, 3.05) is 19.7 Å². The second-order valence-corrected chi connectivity index (χ2v) is 4.86. The van der Waals surface area contributed by atoms with Crippen LogP contribution in [0.1, 0.15) is 38.9 Å². The molecule has 102 valence electrons. The second-order valence-electron chi connectivity index (χ2n) is 4.86. The summed E-state index contributed by atoms with van der Waals surface area (Å²) in [7, 11) is 0. The van der Waals surface area contributed by atoms with E-state index in [2.05, 4.69) is 28.8 Å². The fraction of sp³-hybridized carbons (Fsp3) is 0.846. The van der Waals surface area contributed by atoms with E-state index in [4.69, 9.17) is 4.74 Å². The summed E-state index contributed by atoms with van der Waals surface area (Å²) in [5, 5.41) is 4.23. The van der Waals surface area contributed by atoms with Crippen molar-refractivity contribution in [3.63, 3.8) is 0 Å². The summed E-state index contributed by atoms with van der Waals surface area (Å²) in [6.45, 7) is 9.11. The van der Waals surface area contributed by atoms with E-state index in [1.807, 2.05) is 4.68 Å². The highest BCUT2D eigenvalue weighted by Crippen LogP contribution is 2.14. The summed E-state index contributed by atoms with van der Waals surface area (Å²) in [5.41, 5.74) is 0. The Morgan fingerprint density at radius 2 is 2.39 bits per heavy atom. The first-order valence-corrected chi connectivity index (χ1v) is 7.04. The van der Waals surface area contributed by atoms with E-state index in [0.29, 0.717) is 6.10 Å². The minimum absolute atomic E-state index is 0.412. The van der Waals surface area contributed by atoms with Gasteiger partial charge in [-0.25, -0.2) is 9.67 Å². The van der Waals surface area contributed by atoms with Gasteiger partial charge >= 0.3 is 0 Å². The van der Waals surface area contributed by atoms with Crippen molar-refractivity contribution in [1.82, 2.24) is 19.7 Å². The Labute approximate surface area is 109 Å². The largest absolute Gasteiger partial charge is 0.377 e. The molecular weight excluding hydrogens is 228 g/mol. The molecule has 18 heavy (non-hydrogen) atoms. The molecule has 0 radical (unpaired) electrons. The first-order chi connectivity index (χ1) is 8.83. The van der Waals surface area contributed by atoms with Gasteiger partial charge in [0.05, 0.1) is 12.6 Å². The summed E-state index contributed by atoms with van der Waals surface area (Å²) in [6, 6.07) is 0. The number of aromatic nitrogens is 3. The van der Waals surface area contributed by atoms with E-state index in [0.717, 1.165) is 45.0 Å². The van der Waals surface area contributed by atoms with E-state index >= 15 is 0 Å². The van der Waals surface area contributed by atoms with Crippen molar-refractivity contribution in [3.05, 3.63) is 12.2 Å². The van der Waals surface area contributed by atoms with E-state index < -0.39 is 0 Å². The highest BCUT2D eigenvalue weighted by Gasteiger charge is 2.20. The van der Waals surface area contributed by atoms with Crippen molar-refractivity contribution in [2.45, 2.75) is 52.3 Å². The van der Waals surface area contributed by atoms with Gasteiger partial charge in [-0.1, -0.05) is 6.92 Å². The molecule has 0 aliphatic carbocycles. The van der Waals surface area contributed by atoms with Gasteiger partial charge in [0.25, 0.3) is 0 Å². The molecule has 1 atom stereocenters. The molecule has 0 bridgehead atoms. The summed E-state index contributed by atoms with van der Waals surface area (Å²) < 4.78 is 7.69. The molecule has 0 N–H and O–H groups in total. The van der Waals surface area contributed by atoms with Crippen LogP contribution in [0.5, 0.6) is 0 Å². The maximum Gasteiger partial charge on any atom is 0.140 e. The SMILES string of the molecule is CCCN(Cc1ncnn1CC)CC1CCCO1. The van der Waals surface area contributed by atoms with Gasteiger partial charge in [-0.3, -0.25) is 4.90 Å². The topological polar surface area (TPSA) is 43.2 Å². The van der Waals surface area contributed by atoms with Crippen LogP contribution in [0, 0.1) is 0 Å². The van der Waals surface area contributed by atoms with Crippen LogP contribution in [-0.4, -0.2) is 45.5 Å². The molecule has 5 nitrogen and oxygen atoms in total. The van der Waals surface area contributed by atoms with Crippen LogP contribution in [0.2, 0.25) is 0 Å². The zero-order chi connectivity index (χ0) is 12.8. The zero-order valence-electron chi connectivity index (χ0n) is 11.5. The predicted octanol–water partition coefficient (Wildman–Crippen LogP) is 1.69. The number of nitrogens with zero attached hydrogens (tertiary/aromatic N) is 4. The lowest BCUT2D eigenvalue weighted by Crippen LogP contribution is -2.33. The number of hydrogen-bond acceptors (Lipinski definition) is 4.